The van der Waals surface area contributed by atoms with Gasteiger partial charge in [-0.2, -0.15) is 0 Å². The normalized spacial score (nSPS) is 11.8. The van der Waals surface area contributed by atoms with Gasteiger partial charge in [0, 0.05) is 38.6 Å². The molecule has 10 rings (SSSR count). The molecule has 0 N–H and O–H groups in total. The summed E-state index contributed by atoms with van der Waals surface area (Å²) >= 11 is 0. The third kappa shape index (κ3) is 3.93. The smallest absolute Gasteiger partial charge is 0.143 e. The summed E-state index contributed by atoms with van der Waals surface area (Å²) in [7, 11) is 0. The summed E-state index contributed by atoms with van der Waals surface area (Å²) in [6.45, 7) is 0. The molecule has 0 saturated heterocycles. The van der Waals surface area contributed by atoms with Crippen molar-refractivity contribution in [2.24, 2.45) is 0 Å². The zero-order valence-electron chi connectivity index (χ0n) is 25.5. The summed E-state index contributed by atoms with van der Waals surface area (Å²) in [5.41, 5.74) is 8.59. The van der Waals surface area contributed by atoms with E-state index in [-0.39, 0.29) is 0 Å². The second-order valence-corrected chi connectivity index (χ2v) is 12.2. The molecule has 0 fully saturated rings. The van der Waals surface area contributed by atoms with Gasteiger partial charge in [0.25, 0.3) is 0 Å². The molecule has 10 aromatic rings. The molecule has 47 heavy (non-hydrogen) atoms. The Bertz CT molecular complexity index is 2810. The maximum absolute atomic E-state index is 6.65. The van der Waals surface area contributed by atoms with Gasteiger partial charge in [-0.25, -0.2) is 0 Å². The van der Waals surface area contributed by atoms with Crippen molar-refractivity contribution in [1.82, 2.24) is 4.57 Å². The molecular weight excluding hydrogens is 572 g/mol. The van der Waals surface area contributed by atoms with E-state index in [0.29, 0.717) is 0 Å². The fourth-order valence-electron chi connectivity index (χ4n) is 7.42. The van der Waals surface area contributed by atoms with Crippen LogP contribution in [0.25, 0.3) is 71.0 Å². The third-order valence-electron chi connectivity index (χ3n) is 9.53. The molecule has 0 aliphatic carbocycles. The van der Waals surface area contributed by atoms with Crippen LogP contribution in [0.15, 0.2) is 174 Å². The minimum absolute atomic E-state index is 0.876. The van der Waals surface area contributed by atoms with Gasteiger partial charge in [0.05, 0.1) is 22.1 Å². The zero-order valence-corrected chi connectivity index (χ0v) is 25.5. The van der Waals surface area contributed by atoms with Crippen molar-refractivity contribution in [1.29, 1.82) is 0 Å². The van der Waals surface area contributed by atoms with Gasteiger partial charge in [-0.05, 0) is 82.9 Å². The lowest BCUT2D eigenvalue weighted by Gasteiger charge is -2.27. The van der Waals surface area contributed by atoms with Crippen LogP contribution in [0.2, 0.25) is 0 Å². The van der Waals surface area contributed by atoms with Crippen LogP contribution in [0, 0.1) is 0 Å². The lowest BCUT2D eigenvalue weighted by molar-refractivity contribution is 0.672. The van der Waals surface area contributed by atoms with Gasteiger partial charge in [-0.3, -0.25) is 0 Å². The standard InChI is InChI=1S/C44H28N2O/c1-2-14-32(15-3-1)46-39-18-9-8-17-36(39)38-28-34(24-26-40(38)46)45(33-23-21-29-11-4-5-13-31(29)27-33)41-19-10-20-42-43(41)37-25-22-30-12-6-7-16-35(30)44(37)47-42/h1-28H. The first-order chi connectivity index (χ1) is 23.3. The van der Waals surface area contributed by atoms with Gasteiger partial charge in [0.15, 0.2) is 0 Å². The molecule has 0 radical (unpaired) electrons. The second-order valence-electron chi connectivity index (χ2n) is 12.2. The minimum atomic E-state index is 0.876. The van der Waals surface area contributed by atoms with E-state index < -0.39 is 0 Å². The summed E-state index contributed by atoms with van der Waals surface area (Å²) in [5, 5.41) is 9.37. The molecule has 220 valence electrons. The van der Waals surface area contributed by atoms with E-state index in [9.17, 15) is 0 Å². The predicted octanol–water partition coefficient (Wildman–Crippen LogP) is 12.5. The van der Waals surface area contributed by atoms with Gasteiger partial charge in [0.1, 0.15) is 11.2 Å². The minimum Gasteiger partial charge on any atom is -0.455 e. The highest BCUT2D eigenvalue weighted by Gasteiger charge is 2.22. The number of anilines is 3. The molecule has 2 heterocycles. The average molecular weight is 601 g/mol. The van der Waals surface area contributed by atoms with Gasteiger partial charge < -0.3 is 13.9 Å². The van der Waals surface area contributed by atoms with Crippen molar-refractivity contribution in [2.45, 2.75) is 0 Å². The summed E-state index contributed by atoms with van der Waals surface area (Å²) in [4.78, 5) is 2.40. The van der Waals surface area contributed by atoms with E-state index in [1.807, 2.05) is 0 Å². The monoisotopic (exact) mass is 600 g/mol. The van der Waals surface area contributed by atoms with Crippen LogP contribution in [-0.4, -0.2) is 4.57 Å². The Kier molecular flexibility index (Phi) is 5.57. The lowest BCUT2D eigenvalue weighted by Crippen LogP contribution is -2.10. The summed E-state index contributed by atoms with van der Waals surface area (Å²) in [5.74, 6) is 0. The van der Waals surface area contributed by atoms with Crippen molar-refractivity contribution < 1.29 is 4.42 Å². The van der Waals surface area contributed by atoms with E-state index in [0.717, 1.165) is 50.1 Å². The fraction of sp³-hybridized carbons (Fsp3) is 0. The first kappa shape index (κ1) is 26.0. The van der Waals surface area contributed by atoms with Gasteiger partial charge >= 0.3 is 0 Å². The van der Waals surface area contributed by atoms with Crippen LogP contribution in [0.5, 0.6) is 0 Å². The highest BCUT2D eigenvalue weighted by atomic mass is 16.3. The third-order valence-corrected chi connectivity index (χ3v) is 9.53. The number of rotatable bonds is 4. The second kappa shape index (κ2) is 10.1. The Balaban J connectivity index is 1.28. The van der Waals surface area contributed by atoms with Crippen LogP contribution in [0.1, 0.15) is 0 Å². The maximum Gasteiger partial charge on any atom is 0.143 e. The zero-order chi connectivity index (χ0) is 30.9. The van der Waals surface area contributed by atoms with Gasteiger partial charge in [-0.1, -0.05) is 103 Å². The van der Waals surface area contributed by atoms with Crippen LogP contribution < -0.4 is 4.90 Å². The topological polar surface area (TPSA) is 21.3 Å². The number of aromatic nitrogens is 1. The highest BCUT2D eigenvalue weighted by molar-refractivity contribution is 6.20. The van der Waals surface area contributed by atoms with E-state index in [4.69, 9.17) is 4.42 Å². The Labute approximate surface area is 271 Å². The number of para-hydroxylation sites is 2. The van der Waals surface area contributed by atoms with Crippen LogP contribution in [0.3, 0.4) is 0 Å². The van der Waals surface area contributed by atoms with Crippen molar-refractivity contribution in [3.8, 4) is 5.69 Å². The molecule has 0 aliphatic heterocycles. The summed E-state index contributed by atoms with van der Waals surface area (Å²) in [6.07, 6.45) is 0. The molecular formula is C44H28N2O. The quantitative estimate of drug-likeness (QED) is 0.200. The SMILES string of the molecule is c1ccc(-n2c3ccccc3c3cc(N(c4ccc5ccccc5c4)c4cccc5oc6c7ccccc7ccc6c45)ccc32)cc1. The van der Waals surface area contributed by atoms with Gasteiger partial charge in [-0.15, -0.1) is 0 Å². The Hall–Kier alpha value is -6.32. The van der Waals surface area contributed by atoms with Crippen molar-refractivity contribution in [2.75, 3.05) is 4.90 Å². The fourth-order valence-corrected chi connectivity index (χ4v) is 7.42. The van der Waals surface area contributed by atoms with Crippen molar-refractivity contribution in [3.05, 3.63) is 170 Å². The molecule has 0 saturated carbocycles. The first-order valence-electron chi connectivity index (χ1n) is 16.0. The molecule has 0 amide bonds. The molecule has 0 bridgehead atoms. The Morgan fingerprint density at radius 1 is 0.426 bits per heavy atom. The maximum atomic E-state index is 6.65. The summed E-state index contributed by atoms with van der Waals surface area (Å²) in [6, 6.07) is 60.8. The van der Waals surface area contributed by atoms with Crippen molar-refractivity contribution in [3.63, 3.8) is 0 Å². The Morgan fingerprint density at radius 3 is 2.00 bits per heavy atom. The van der Waals surface area contributed by atoms with Crippen LogP contribution in [0.4, 0.5) is 17.1 Å². The Morgan fingerprint density at radius 2 is 1.11 bits per heavy atom. The number of fused-ring (bicyclic) bond motifs is 9. The molecule has 0 spiro atoms. The predicted molar refractivity (Wildman–Crippen MR) is 198 cm³/mol. The molecule has 8 aromatic carbocycles. The van der Waals surface area contributed by atoms with Crippen LogP contribution in [-0.2, 0) is 0 Å². The average Bonchev–Trinajstić information content (AvgIpc) is 3.69. The molecule has 0 atom stereocenters. The van der Waals surface area contributed by atoms with E-state index in [2.05, 4.69) is 179 Å². The van der Waals surface area contributed by atoms with Gasteiger partial charge in [0.2, 0.25) is 0 Å². The highest BCUT2D eigenvalue weighted by Crippen LogP contribution is 2.46. The van der Waals surface area contributed by atoms with E-state index >= 15 is 0 Å². The lowest BCUT2D eigenvalue weighted by atomic mass is 10.0. The number of benzene rings is 8. The molecule has 3 nitrogen and oxygen atoms in total. The molecule has 3 heteroatoms. The van der Waals surface area contributed by atoms with E-state index in [1.54, 1.807) is 0 Å². The number of hydrogen-bond acceptors (Lipinski definition) is 2. The number of hydrogen-bond donors (Lipinski definition) is 0. The molecule has 0 unspecified atom stereocenters. The van der Waals surface area contributed by atoms with Crippen LogP contribution >= 0.6 is 0 Å². The van der Waals surface area contributed by atoms with E-state index in [1.165, 1.54) is 38.0 Å². The number of furan rings is 1. The first-order valence-corrected chi connectivity index (χ1v) is 16.0. The number of nitrogens with zero attached hydrogens (tertiary/aromatic N) is 2. The molecule has 0 aliphatic rings. The summed E-state index contributed by atoms with van der Waals surface area (Å²) < 4.78 is 9.01. The van der Waals surface area contributed by atoms with Crippen molar-refractivity contribution >= 4 is 82.4 Å². The molecule has 2 aromatic heterocycles. The largest absolute Gasteiger partial charge is 0.455 e.